The molecule has 0 saturated heterocycles. The molecule has 4 heteroatoms. The summed E-state index contributed by atoms with van der Waals surface area (Å²) in [6, 6.07) is 3.65. The van der Waals surface area contributed by atoms with Gasteiger partial charge in [-0.1, -0.05) is 0 Å². The van der Waals surface area contributed by atoms with E-state index in [1.807, 2.05) is 30.7 Å². The van der Waals surface area contributed by atoms with Crippen LogP contribution in [0.3, 0.4) is 0 Å². The van der Waals surface area contributed by atoms with Crippen molar-refractivity contribution in [3.63, 3.8) is 0 Å². The molecular formula is C11H11N3O. The maximum atomic E-state index is 10.8. The monoisotopic (exact) mass is 201 g/mol. The van der Waals surface area contributed by atoms with Gasteiger partial charge in [-0.3, -0.25) is 9.78 Å². The van der Waals surface area contributed by atoms with Gasteiger partial charge < -0.3 is 4.57 Å². The lowest BCUT2D eigenvalue weighted by Gasteiger charge is -2.05. The molecule has 0 spiro atoms. The number of carbonyl (C=O) groups excluding carboxylic acids is 1. The largest absolute Gasteiger partial charge is 0.301 e. The molecule has 2 aromatic heterocycles. The number of hydrogen-bond acceptors (Lipinski definition) is 3. The van der Waals surface area contributed by atoms with Gasteiger partial charge in [0.1, 0.15) is 11.5 Å². The second-order valence-corrected chi connectivity index (χ2v) is 3.33. The fourth-order valence-electron chi connectivity index (χ4n) is 1.57. The van der Waals surface area contributed by atoms with Crippen LogP contribution in [0.4, 0.5) is 0 Å². The summed E-state index contributed by atoms with van der Waals surface area (Å²) in [6.07, 6.45) is 4.25. The average Bonchev–Trinajstić information content (AvgIpc) is 2.57. The van der Waals surface area contributed by atoms with Gasteiger partial charge >= 0.3 is 0 Å². The zero-order valence-electron chi connectivity index (χ0n) is 8.64. The highest BCUT2D eigenvalue weighted by Gasteiger charge is 2.07. The summed E-state index contributed by atoms with van der Waals surface area (Å²) in [5, 5.41) is 0. The van der Waals surface area contributed by atoms with Crippen LogP contribution in [0.5, 0.6) is 0 Å². The van der Waals surface area contributed by atoms with E-state index in [2.05, 4.69) is 9.97 Å². The first-order valence-electron chi connectivity index (χ1n) is 4.65. The van der Waals surface area contributed by atoms with Gasteiger partial charge in [0.2, 0.25) is 0 Å². The Kier molecular flexibility index (Phi) is 2.33. The Labute approximate surface area is 87.6 Å². The highest BCUT2D eigenvalue weighted by atomic mass is 16.1. The van der Waals surface area contributed by atoms with Crippen molar-refractivity contribution in [1.29, 1.82) is 0 Å². The van der Waals surface area contributed by atoms with Gasteiger partial charge in [0.15, 0.2) is 6.29 Å². The fourth-order valence-corrected chi connectivity index (χ4v) is 1.57. The first-order valence-corrected chi connectivity index (χ1v) is 4.65. The summed E-state index contributed by atoms with van der Waals surface area (Å²) in [5.41, 5.74) is 2.12. The molecule has 4 nitrogen and oxygen atoms in total. The van der Waals surface area contributed by atoms with Crippen molar-refractivity contribution in [3.8, 4) is 5.69 Å². The van der Waals surface area contributed by atoms with Gasteiger partial charge in [0.05, 0.1) is 11.4 Å². The molecule has 0 atom stereocenters. The molecule has 76 valence electrons. The highest BCUT2D eigenvalue weighted by molar-refractivity contribution is 5.77. The van der Waals surface area contributed by atoms with Crippen molar-refractivity contribution in [2.24, 2.45) is 0 Å². The number of pyridine rings is 1. The molecule has 0 unspecified atom stereocenters. The topological polar surface area (TPSA) is 47.8 Å². The molecule has 0 bridgehead atoms. The van der Waals surface area contributed by atoms with E-state index < -0.39 is 0 Å². The Balaban J connectivity index is 2.63. The van der Waals surface area contributed by atoms with Gasteiger partial charge in [-0.15, -0.1) is 0 Å². The van der Waals surface area contributed by atoms with Crippen molar-refractivity contribution < 1.29 is 4.79 Å². The molecule has 0 aliphatic rings. The number of imidazole rings is 1. The Hall–Kier alpha value is -1.97. The molecular weight excluding hydrogens is 190 g/mol. The van der Waals surface area contributed by atoms with Crippen LogP contribution in [0.25, 0.3) is 5.69 Å². The Morgan fingerprint density at radius 2 is 2.20 bits per heavy atom. The smallest absolute Gasteiger partial charge is 0.170 e. The molecule has 2 heterocycles. The molecule has 0 radical (unpaired) electrons. The van der Waals surface area contributed by atoms with Crippen LogP contribution in [-0.2, 0) is 0 Å². The van der Waals surface area contributed by atoms with E-state index in [0.29, 0.717) is 5.69 Å². The molecule has 2 aromatic rings. The van der Waals surface area contributed by atoms with Gasteiger partial charge in [-0.25, -0.2) is 4.98 Å². The van der Waals surface area contributed by atoms with Crippen LogP contribution in [0.2, 0.25) is 0 Å². The lowest BCUT2D eigenvalue weighted by atomic mass is 10.3. The fraction of sp³-hybridized carbons (Fsp3) is 0.182. The molecule has 0 aromatic carbocycles. The maximum absolute atomic E-state index is 10.8. The molecule has 0 aliphatic carbocycles. The summed E-state index contributed by atoms with van der Waals surface area (Å²) < 4.78 is 1.87. The van der Waals surface area contributed by atoms with Crippen molar-refractivity contribution in [2.45, 2.75) is 13.8 Å². The first-order chi connectivity index (χ1) is 7.22. The van der Waals surface area contributed by atoms with Crippen LogP contribution in [0, 0.1) is 13.8 Å². The van der Waals surface area contributed by atoms with E-state index in [9.17, 15) is 4.79 Å². The van der Waals surface area contributed by atoms with E-state index in [-0.39, 0.29) is 0 Å². The summed E-state index contributed by atoms with van der Waals surface area (Å²) in [4.78, 5) is 19.1. The zero-order chi connectivity index (χ0) is 10.8. The third kappa shape index (κ3) is 1.66. The Morgan fingerprint density at radius 1 is 1.40 bits per heavy atom. The SMILES string of the molecule is Cc1cn(-c2cccnc2C=O)c(C)n1. The minimum absolute atomic E-state index is 0.429. The normalized spacial score (nSPS) is 10.3. The standard InChI is InChI=1S/C11H11N3O/c1-8-6-14(9(2)13-8)11-4-3-5-12-10(11)7-15/h3-7H,1-2H3. The molecule has 0 aliphatic heterocycles. The number of aromatic nitrogens is 3. The summed E-state index contributed by atoms with van der Waals surface area (Å²) in [7, 11) is 0. The second kappa shape index (κ2) is 3.65. The molecule has 0 saturated carbocycles. The van der Waals surface area contributed by atoms with E-state index in [1.165, 1.54) is 0 Å². The van der Waals surface area contributed by atoms with Crippen molar-refractivity contribution in [1.82, 2.24) is 14.5 Å². The van der Waals surface area contributed by atoms with Crippen LogP contribution >= 0.6 is 0 Å². The summed E-state index contributed by atoms with van der Waals surface area (Å²) in [5.74, 6) is 0.851. The van der Waals surface area contributed by atoms with Crippen LogP contribution in [0.15, 0.2) is 24.5 Å². The molecule has 0 N–H and O–H groups in total. The average molecular weight is 201 g/mol. The second-order valence-electron chi connectivity index (χ2n) is 3.33. The van der Waals surface area contributed by atoms with E-state index in [4.69, 9.17) is 0 Å². The first kappa shape index (κ1) is 9.58. The van der Waals surface area contributed by atoms with Crippen molar-refractivity contribution in [2.75, 3.05) is 0 Å². The lowest BCUT2D eigenvalue weighted by molar-refractivity contribution is 0.111. The van der Waals surface area contributed by atoms with Crippen LogP contribution < -0.4 is 0 Å². The maximum Gasteiger partial charge on any atom is 0.170 e. The predicted molar refractivity (Wildman–Crippen MR) is 56.2 cm³/mol. The van der Waals surface area contributed by atoms with Gasteiger partial charge in [0.25, 0.3) is 0 Å². The molecule has 15 heavy (non-hydrogen) atoms. The minimum atomic E-state index is 0.429. The minimum Gasteiger partial charge on any atom is -0.301 e. The lowest BCUT2D eigenvalue weighted by Crippen LogP contribution is -2.01. The number of aryl methyl sites for hydroxylation is 2. The third-order valence-corrected chi connectivity index (χ3v) is 2.19. The van der Waals surface area contributed by atoms with E-state index in [0.717, 1.165) is 23.5 Å². The van der Waals surface area contributed by atoms with Crippen LogP contribution in [-0.4, -0.2) is 20.8 Å². The quantitative estimate of drug-likeness (QED) is 0.695. The molecule has 0 amide bonds. The molecule has 0 fully saturated rings. The Morgan fingerprint density at radius 3 is 2.80 bits per heavy atom. The van der Waals surface area contributed by atoms with E-state index >= 15 is 0 Å². The molecule has 2 rings (SSSR count). The van der Waals surface area contributed by atoms with Gasteiger partial charge in [-0.2, -0.15) is 0 Å². The Bertz CT molecular complexity index is 502. The van der Waals surface area contributed by atoms with E-state index in [1.54, 1.807) is 12.3 Å². The zero-order valence-corrected chi connectivity index (χ0v) is 8.64. The van der Waals surface area contributed by atoms with Crippen molar-refractivity contribution in [3.05, 3.63) is 41.7 Å². The predicted octanol–water partition coefficient (Wildman–Crippen LogP) is 1.70. The summed E-state index contributed by atoms with van der Waals surface area (Å²) in [6.45, 7) is 3.81. The number of nitrogens with zero attached hydrogens (tertiary/aromatic N) is 3. The number of carbonyl (C=O) groups is 1. The van der Waals surface area contributed by atoms with Gasteiger partial charge in [0, 0.05) is 12.4 Å². The van der Waals surface area contributed by atoms with Crippen LogP contribution in [0.1, 0.15) is 22.0 Å². The summed E-state index contributed by atoms with van der Waals surface area (Å²) >= 11 is 0. The number of aldehydes is 1. The third-order valence-electron chi connectivity index (χ3n) is 2.19. The van der Waals surface area contributed by atoms with Gasteiger partial charge in [-0.05, 0) is 26.0 Å². The highest BCUT2D eigenvalue weighted by Crippen LogP contribution is 2.13. The number of rotatable bonds is 2. The number of hydrogen-bond donors (Lipinski definition) is 0. The van der Waals surface area contributed by atoms with Crippen molar-refractivity contribution >= 4 is 6.29 Å².